The first-order chi connectivity index (χ1) is 9.57. The number of nitrogens with one attached hydrogen (secondary N) is 1. The number of hydrogen-bond donors (Lipinski definition) is 1. The summed E-state index contributed by atoms with van der Waals surface area (Å²) < 4.78 is 50.7. The molecule has 0 aliphatic carbocycles. The maximum Gasteiger partial charge on any atom is 0.416 e. The van der Waals surface area contributed by atoms with Crippen molar-refractivity contribution < 1.29 is 22.6 Å². The monoisotopic (exact) mass is 287 g/mol. The normalized spacial score (nSPS) is 22.6. The fraction of sp³-hybridized carbons (Fsp3) is 0.571. The van der Waals surface area contributed by atoms with Gasteiger partial charge < -0.3 is 14.8 Å². The van der Waals surface area contributed by atoms with E-state index in [-0.39, 0.29) is 17.2 Å². The second kappa shape index (κ2) is 5.16. The number of ether oxygens (including phenoxy) is 2. The lowest BCUT2D eigenvalue weighted by Gasteiger charge is -2.30. The predicted octanol–water partition coefficient (Wildman–Crippen LogP) is 2.94. The Hall–Kier alpha value is -1.43. The standard InChI is InChI=1S/C14H16F3NO2/c15-14(16,17)10-3-4-11-13(20-7-6-19-11)12(10)9-2-1-5-18-8-9/h3-4,9,18H,1-2,5-8H2. The van der Waals surface area contributed by atoms with Gasteiger partial charge in [-0.1, -0.05) is 0 Å². The maximum atomic E-state index is 13.3. The molecule has 0 aromatic heterocycles. The van der Waals surface area contributed by atoms with Crippen LogP contribution in [0.3, 0.4) is 0 Å². The van der Waals surface area contributed by atoms with Crippen molar-refractivity contribution in [3.8, 4) is 11.5 Å². The molecule has 1 atom stereocenters. The Labute approximate surface area is 115 Å². The molecule has 2 aliphatic heterocycles. The van der Waals surface area contributed by atoms with Gasteiger partial charge in [0.1, 0.15) is 13.2 Å². The SMILES string of the molecule is FC(F)(F)c1ccc2c(c1C1CCCNC1)OCCO2. The lowest BCUT2D eigenvalue weighted by molar-refractivity contribution is -0.138. The van der Waals surface area contributed by atoms with Gasteiger partial charge in [0.25, 0.3) is 0 Å². The quantitative estimate of drug-likeness (QED) is 0.861. The van der Waals surface area contributed by atoms with Gasteiger partial charge in [-0.2, -0.15) is 13.2 Å². The molecule has 20 heavy (non-hydrogen) atoms. The zero-order valence-corrected chi connectivity index (χ0v) is 10.9. The van der Waals surface area contributed by atoms with Crippen molar-refractivity contribution in [1.82, 2.24) is 5.32 Å². The minimum absolute atomic E-state index is 0.183. The Morgan fingerprint density at radius 1 is 1.15 bits per heavy atom. The van der Waals surface area contributed by atoms with E-state index in [9.17, 15) is 13.2 Å². The Bertz CT molecular complexity index is 496. The van der Waals surface area contributed by atoms with Crippen LogP contribution in [0.4, 0.5) is 13.2 Å². The van der Waals surface area contributed by atoms with Crippen LogP contribution in [0.1, 0.15) is 29.9 Å². The van der Waals surface area contributed by atoms with E-state index in [1.54, 1.807) is 0 Å². The van der Waals surface area contributed by atoms with Crippen LogP contribution in [0.15, 0.2) is 12.1 Å². The Morgan fingerprint density at radius 3 is 2.65 bits per heavy atom. The van der Waals surface area contributed by atoms with Gasteiger partial charge in [0.2, 0.25) is 0 Å². The van der Waals surface area contributed by atoms with Gasteiger partial charge in [-0.05, 0) is 31.5 Å². The first-order valence-corrected chi connectivity index (χ1v) is 6.78. The molecule has 110 valence electrons. The smallest absolute Gasteiger partial charge is 0.416 e. The highest BCUT2D eigenvalue weighted by atomic mass is 19.4. The molecular formula is C14H16F3NO2. The molecule has 0 spiro atoms. The van der Waals surface area contributed by atoms with E-state index in [0.717, 1.165) is 25.5 Å². The molecule has 6 heteroatoms. The summed E-state index contributed by atoms with van der Waals surface area (Å²) in [4.78, 5) is 0. The summed E-state index contributed by atoms with van der Waals surface area (Å²) in [5, 5.41) is 3.16. The van der Waals surface area contributed by atoms with E-state index in [1.807, 2.05) is 0 Å². The maximum absolute atomic E-state index is 13.3. The Kier molecular flexibility index (Phi) is 3.50. The van der Waals surface area contributed by atoms with E-state index in [1.165, 1.54) is 6.07 Å². The highest BCUT2D eigenvalue weighted by Gasteiger charge is 2.39. The minimum atomic E-state index is -4.37. The van der Waals surface area contributed by atoms with Crippen molar-refractivity contribution in [1.29, 1.82) is 0 Å². The van der Waals surface area contributed by atoms with Crippen molar-refractivity contribution in [2.75, 3.05) is 26.3 Å². The van der Waals surface area contributed by atoms with Crippen LogP contribution in [0.25, 0.3) is 0 Å². The van der Waals surface area contributed by atoms with Crippen molar-refractivity contribution in [3.05, 3.63) is 23.3 Å². The summed E-state index contributed by atoms with van der Waals surface area (Å²) in [7, 11) is 0. The average Bonchev–Trinajstić information content (AvgIpc) is 2.46. The number of benzene rings is 1. The van der Waals surface area contributed by atoms with Crippen molar-refractivity contribution >= 4 is 0 Å². The number of hydrogen-bond acceptors (Lipinski definition) is 3. The fourth-order valence-electron chi connectivity index (χ4n) is 2.89. The molecule has 1 unspecified atom stereocenters. The predicted molar refractivity (Wildman–Crippen MR) is 67.3 cm³/mol. The molecule has 1 N–H and O–H groups in total. The Balaban J connectivity index is 2.10. The summed E-state index contributed by atoms with van der Waals surface area (Å²) >= 11 is 0. The average molecular weight is 287 g/mol. The van der Waals surface area contributed by atoms with E-state index < -0.39 is 11.7 Å². The summed E-state index contributed by atoms with van der Waals surface area (Å²) in [6, 6.07) is 2.47. The zero-order chi connectivity index (χ0) is 14.2. The molecule has 1 saturated heterocycles. The van der Waals surface area contributed by atoms with Crippen LogP contribution in [-0.2, 0) is 6.18 Å². The van der Waals surface area contributed by atoms with Crippen LogP contribution >= 0.6 is 0 Å². The molecule has 0 radical (unpaired) electrons. The molecule has 2 aliphatic rings. The van der Waals surface area contributed by atoms with Crippen molar-refractivity contribution in [2.45, 2.75) is 24.9 Å². The third-order valence-corrected chi connectivity index (χ3v) is 3.76. The summed E-state index contributed by atoms with van der Waals surface area (Å²) in [5.74, 6) is 0.515. The molecule has 1 fully saturated rings. The summed E-state index contributed by atoms with van der Waals surface area (Å²) in [6.45, 7) is 2.06. The van der Waals surface area contributed by atoms with Gasteiger partial charge in [-0.25, -0.2) is 0 Å². The minimum Gasteiger partial charge on any atom is -0.486 e. The highest BCUT2D eigenvalue weighted by Crippen LogP contribution is 2.46. The fourth-order valence-corrected chi connectivity index (χ4v) is 2.89. The summed E-state index contributed by atoms with van der Waals surface area (Å²) in [6.07, 6.45) is -2.77. The topological polar surface area (TPSA) is 30.5 Å². The second-order valence-electron chi connectivity index (χ2n) is 5.09. The van der Waals surface area contributed by atoms with Gasteiger partial charge in [-0.3, -0.25) is 0 Å². The molecule has 0 saturated carbocycles. The van der Waals surface area contributed by atoms with Crippen LogP contribution < -0.4 is 14.8 Å². The van der Waals surface area contributed by atoms with Gasteiger partial charge in [0.05, 0.1) is 5.56 Å². The lowest BCUT2D eigenvalue weighted by Crippen LogP contribution is -2.31. The second-order valence-corrected chi connectivity index (χ2v) is 5.09. The van der Waals surface area contributed by atoms with Crippen LogP contribution in [0.2, 0.25) is 0 Å². The largest absolute Gasteiger partial charge is 0.486 e. The van der Waals surface area contributed by atoms with Crippen LogP contribution in [0, 0.1) is 0 Å². The Morgan fingerprint density at radius 2 is 1.95 bits per heavy atom. The molecule has 3 nitrogen and oxygen atoms in total. The van der Waals surface area contributed by atoms with Gasteiger partial charge in [-0.15, -0.1) is 0 Å². The molecule has 0 amide bonds. The van der Waals surface area contributed by atoms with Gasteiger partial charge in [0.15, 0.2) is 11.5 Å². The van der Waals surface area contributed by atoms with Gasteiger partial charge in [0, 0.05) is 18.0 Å². The third kappa shape index (κ3) is 2.44. The van der Waals surface area contributed by atoms with Crippen molar-refractivity contribution in [2.24, 2.45) is 0 Å². The lowest BCUT2D eigenvalue weighted by atomic mass is 9.87. The molecular weight excluding hydrogens is 271 g/mol. The number of alkyl halides is 3. The van der Waals surface area contributed by atoms with Crippen LogP contribution in [-0.4, -0.2) is 26.3 Å². The first-order valence-electron chi connectivity index (χ1n) is 6.78. The molecule has 1 aromatic rings. The van der Waals surface area contributed by atoms with Gasteiger partial charge >= 0.3 is 6.18 Å². The number of piperidine rings is 1. The van der Waals surface area contributed by atoms with E-state index in [2.05, 4.69) is 5.32 Å². The number of halogens is 3. The zero-order valence-electron chi connectivity index (χ0n) is 10.9. The highest BCUT2D eigenvalue weighted by molar-refractivity contribution is 5.54. The number of rotatable bonds is 1. The first kappa shape index (κ1) is 13.5. The molecule has 3 rings (SSSR count). The molecule has 2 heterocycles. The molecule has 1 aromatic carbocycles. The van der Waals surface area contributed by atoms with E-state index >= 15 is 0 Å². The van der Waals surface area contributed by atoms with Crippen LogP contribution in [0.5, 0.6) is 11.5 Å². The van der Waals surface area contributed by atoms with E-state index in [0.29, 0.717) is 25.5 Å². The third-order valence-electron chi connectivity index (χ3n) is 3.76. The van der Waals surface area contributed by atoms with Crippen molar-refractivity contribution in [3.63, 3.8) is 0 Å². The molecule has 0 bridgehead atoms. The number of fused-ring (bicyclic) bond motifs is 1. The summed E-state index contributed by atoms with van der Waals surface area (Å²) in [5.41, 5.74) is -0.350. The van der Waals surface area contributed by atoms with E-state index in [4.69, 9.17) is 9.47 Å².